The number of halogens is 1. The fourth-order valence-electron chi connectivity index (χ4n) is 2.90. The van der Waals surface area contributed by atoms with E-state index in [0.29, 0.717) is 24.8 Å². The minimum Gasteiger partial charge on any atom is -0.352 e. The molecular formula is C15H31ClN2O. The first kappa shape index (κ1) is 18.7. The summed E-state index contributed by atoms with van der Waals surface area (Å²) in [5.41, 5.74) is 5.71. The van der Waals surface area contributed by atoms with Gasteiger partial charge in [0.05, 0.1) is 0 Å². The predicted molar refractivity (Wildman–Crippen MR) is 83.5 cm³/mol. The van der Waals surface area contributed by atoms with Gasteiger partial charge >= 0.3 is 0 Å². The maximum atomic E-state index is 12.0. The zero-order chi connectivity index (χ0) is 13.4. The van der Waals surface area contributed by atoms with E-state index in [2.05, 4.69) is 19.2 Å². The van der Waals surface area contributed by atoms with Crippen molar-refractivity contribution in [1.82, 2.24) is 5.32 Å². The zero-order valence-electron chi connectivity index (χ0n) is 12.5. The van der Waals surface area contributed by atoms with E-state index in [4.69, 9.17) is 5.73 Å². The van der Waals surface area contributed by atoms with E-state index in [1.807, 2.05) is 0 Å². The predicted octanol–water partition coefficient (Wildman–Crippen LogP) is 3.26. The summed E-state index contributed by atoms with van der Waals surface area (Å²) in [5, 5.41) is 3.10. The molecule has 19 heavy (non-hydrogen) atoms. The molecule has 3 nitrogen and oxygen atoms in total. The maximum Gasteiger partial charge on any atom is 0.220 e. The number of nitrogens with two attached hydrogens (primary N) is 1. The monoisotopic (exact) mass is 290 g/mol. The molecule has 0 spiro atoms. The lowest BCUT2D eigenvalue weighted by Gasteiger charge is -2.20. The van der Waals surface area contributed by atoms with Gasteiger partial charge in [-0.3, -0.25) is 4.79 Å². The van der Waals surface area contributed by atoms with Gasteiger partial charge in [0.25, 0.3) is 0 Å². The Hall–Kier alpha value is -0.280. The Morgan fingerprint density at radius 1 is 1.21 bits per heavy atom. The molecule has 1 atom stereocenters. The molecule has 114 valence electrons. The topological polar surface area (TPSA) is 55.1 Å². The highest BCUT2D eigenvalue weighted by Crippen LogP contribution is 2.25. The summed E-state index contributed by atoms with van der Waals surface area (Å²) >= 11 is 0. The lowest BCUT2D eigenvalue weighted by molar-refractivity contribution is -0.122. The van der Waals surface area contributed by atoms with Gasteiger partial charge in [0, 0.05) is 19.0 Å². The van der Waals surface area contributed by atoms with Gasteiger partial charge in [-0.2, -0.15) is 0 Å². The van der Waals surface area contributed by atoms with Crippen LogP contribution in [0.15, 0.2) is 0 Å². The summed E-state index contributed by atoms with van der Waals surface area (Å²) in [6.45, 7) is 4.88. The summed E-state index contributed by atoms with van der Waals surface area (Å²) < 4.78 is 0. The summed E-state index contributed by atoms with van der Waals surface area (Å²) in [4.78, 5) is 12.0. The third-order valence-electron chi connectivity index (χ3n) is 3.85. The number of hydrogen-bond donors (Lipinski definition) is 2. The van der Waals surface area contributed by atoms with Gasteiger partial charge in [0.2, 0.25) is 5.91 Å². The summed E-state index contributed by atoms with van der Waals surface area (Å²) in [7, 11) is 0. The number of carbonyl (C=O) groups excluding carboxylic acids is 1. The largest absolute Gasteiger partial charge is 0.352 e. The van der Waals surface area contributed by atoms with Gasteiger partial charge in [-0.25, -0.2) is 0 Å². The third-order valence-corrected chi connectivity index (χ3v) is 3.85. The van der Waals surface area contributed by atoms with Crippen molar-refractivity contribution in [2.75, 3.05) is 6.54 Å². The minimum absolute atomic E-state index is 0. The Morgan fingerprint density at radius 2 is 1.79 bits per heavy atom. The van der Waals surface area contributed by atoms with Crippen molar-refractivity contribution in [3.05, 3.63) is 0 Å². The quantitative estimate of drug-likeness (QED) is 0.738. The van der Waals surface area contributed by atoms with Crippen molar-refractivity contribution in [3.63, 3.8) is 0 Å². The molecule has 3 N–H and O–H groups in total. The van der Waals surface area contributed by atoms with E-state index < -0.39 is 0 Å². The Bertz CT molecular complexity index is 232. The second kappa shape index (κ2) is 10.5. The van der Waals surface area contributed by atoms with Crippen molar-refractivity contribution < 1.29 is 4.79 Å². The molecule has 0 aromatic rings. The van der Waals surface area contributed by atoms with Crippen molar-refractivity contribution in [2.24, 2.45) is 17.6 Å². The van der Waals surface area contributed by atoms with E-state index >= 15 is 0 Å². The van der Waals surface area contributed by atoms with Crippen LogP contribution in [0.3, 0.4) is 0 Å². The van der Waals surface area contributed by atoms with E-state index in [9.17, 15) is 4.79 Å². The van der Waals surface area contributed by atoms with Crippen LogP contribution in [0.4, 0.5) is 0 Å². The average molecular weight is 291 g/mol. The number of rotatable bonds is 6. The molecule has 1 fully saturated rings. The van der Waals surface area contributed by atoms with Crippen molar-refractivity contribution in [2.45, 2.75) is 71.3 Å². The van der Waals surface area contributed by atoms with Gasteiger partial charge in [0.15, 0.2) is 0 Å². The van der Waals surface area contributed by atoms with Crippen LogP contribution in [0, 0.1) is 11.8 Å². The average Bonchev–Trinajstić information content (AvgIpc) is 2.56. The standard InChI is InChI=1S/C15H30N2O.ClH/c1-12(2)9-14(11-16)17-15(18)10-13-7-5-3-4-6-8-13;/h12-14H,3-11,16H2,1-2H3,(H,17,18);1H. The van der Waals surface area contributed by atoms with Gasteiger partial charge in [-0.15, -0.1) is 12.4 Å². The Kier molecular flexibility index (Phi) is 10.3. The van der Waals surface area contributed by atoms with Crippen LogP contribution in [0.1, 0.15) is 65.2 Å². The van der Waals surface area contributed by atoms with Crippen LogP contribution in [0.25, 0.3) is 0 Å². The lowest BCUT2D eigenvalue weighted by Crippen LogP contribution is -2.41. The van der Waals surface area contributed by atoms with E-state index in [1.54, 1.807) is 0 Å². The molecule has 0 radical (unpaired) electrons. The van der Waals surface area contributed by atoms with Gasteiger partial charge < -0.3 is 11.1 Å². The molecule has 1 unspecified atom stereocenters. The summed E-state index contributed by atoms with van der Waals surface area (Å²) in [5.74, 6) is 1.39. The molecule has 0 aromatic carbocycles. The molecule has 0 saturated heterocycles. The SMILES string of the molecule is CC(C)CC(CN)NC(=O)CC1CCCCCC1.Cl. The number of hydrogen-bond acceptors (Lipinski definition) is 2. The van der Waals surface area contributed by atoms with Crippen LogP contribution in [0.2, 0.25) is 0 Å². The number of amides is 1. The first-order valence-electron chi connectivity index (χ1n) is 7.61. The highest BCUT2D eigenvalue weighted by molar-refractivity contribution is 5.85. The molecular weight excluding hydrogens is 260 g/mol. The van der Waals surface area contributed by atoms with E-state index in [0.717, 1.165) is 6.42 Å². The Morgan fingerprint density at radius 3 is 2.26 bits per heavy atom. The second-order valence-corrected chi connectivity index (χ2v) is 6.19. The number of carbonyl (C=O) groups is 1. The highest BCUT2D eigenvalue weighted by atomic mass is 35.5. The molecule has 1 saturated carbocycles. The van der Waals surface area contributed by atoms with E-state index in [1.165, 1.54) is 38.5 Å². The summed E-state index contributed by atoms with van der Waals surface area (Å²) in [6, 6.07) is 0.156. The van der Waals surface area contributed by atoms with Gasteiger partial charge in [0.1, 0.15) is 0 Å². The van der Waals surface area contributed by atoms with Gasteiger partial charge in [-0.05, 0) is 31.1 Å². The smallest absolute Gasteiger partial charge is 0.220 e. The molecule has 1 amide bonds. The molecule has 0 heterocycles. The fraction of sp³-hybridized carbons (Fsp3) is 0.933. The summed E-state index contributed by atoms with van der Waals surface area (Å²) in [6.07, 6.45) is 9.42. The molecule has 0 aromatic heterocycles. The first-order valence-corrected chi connectivity index (χ1v) is 7.61. The third kappa shape index (κ3) is 8.48. The highest BCUT2D eigenvalue weighted by Gasteiger charge is 2.18. The van der Waals surface area contributed by atoms with Crippen molar-refractivity contribution >= 4 is 18.3 Å². The van der Waals surface area contributed by atoms with Crippen molar-refractivity contribution in [3.8, 4) is 0 Å². The van der Waals surface area contributed by atoms with Crippen LogP contribution in [0.5, 0.6) is 0 Å². The first-order chi connectivity index (χ1) is 8.61. The minimum atomic E-state index is 0. The molecule has 0 bridgehead atoms. The fourth-order valence-corrected chi connectivity index (χ4v) is 2.90. The van der Waals surface area contributed by atoms with E-state index in [-0.39, 0.29) is 24.4 Å². The Labute approximate surface area is 124 Å². The van der Waals surface area contributed by atoms with Crippen LogP contribution in [-0.4, -0.2) is 18.5 Å². The van der Waals surface area contributed by atoms with Crippen molar-refractivity contribution in [1.29, 1.82) is 0 Å². The van der Waals surface area contributed by atoms with Gasteiger partial charge in [-0.1, -0.05) is 39.5 Å². The molecule has 0 aliphatic heterocycles. The number of nitrogens with one attached hydrogen (secondary N) is 1. The normalized spacial score (nSPS) is 18.5. The Balaban J connectivity index is 0.00000324. The molecule has 1 aliphatic carbocycles. The maximum absolute atomic E-state index is 12.0. The molecule has 1 aliphatic rings. The molecule has 1 rings (SSSR count). The van der Waals surface area contributed by atoms with Crippen LogP contribution >= 0.6 is 12.4 Å². The zero-order valence-corrected chi connectivity index (χ0v) is 13.3. The second-order valence-electron chi connectivity index (χ2n) is 6.19. The van der Waals surface area contributed by atoms with Crippen LogP contribution < -0.4 is 11.1 Å². The van der Waals surface area contributed by atoms with Crippen LogP contribution in [-0.2, 0) is 4.79 Å². The lowest BCUT2D eigenvalue weighted by atomic mass is 9.96. The molecule has 4 heteroatoms.